The number of nitrogens with one attached hydrogen (secondary N) is 3. The number of nitrogens with zero attached hydrogens (tertiary/aromatic N) is 2. The van der Waals surface area contributed by atoms with Crippen molar-refractivity contribution in [2.45, 2.75) is 6.92 Å². The van der Waals surface area contributed by atoms with Gasteiger partial charge in [-0.05, 0) is 37.3 Å². The number of hydrogen-bond acceptors (Lipinski definition) is 4. The van der Waals surface area contributed by atoms with E-state index in [2.05, 4.69) is 21.0 Å². The molecule has 8 heteroatoms. The fourth-order valence-corrected chi connectivity index (χ4v) is 1.98. The summed E-state index contributed by atoms with van der Waals surface area (Å²) in [6.07, 6.45) is 0. The van der Waals surface area contributed by atoms with Gasteiger partial charge in [0.15, 0.2) is 0 Å². The fraction of sp³-hybridized carbons (Fsp3) is 0.250. The third-order valence-corrected chi connectivity index (χ3v) is 3.41. The molecule has 0 aliphatic heterocycles. The molecule has 0 bridgehead atoms. The average Bonchev–Trinajstić information content (AvgIpc) is 2.92. The molecule has 3 N–H and O–H groups in total. The first-order valence-corrected chi connectivity index (χ1v) is 7.31. The summed E-state index contributed by atoms with van der Waals surface area (Å²) in [4.78, 5) is 35.2. The van der Waals surface area contributed by atoms with Crippen molar-refractivity contribution in [3.8, 4) is 0 Å². The maximum Gasteiger partial charge on any atom is 0.272 e. The number of aromatic nitrogens is 2. The minimum Gasteiger partial charge on any atom is -0.355 e. The van der Waals surface area contributed by atoms with E-state index in [9.17, 15) is 14.4 Å². The van der Waals surface area contributed by atoms with Gasteiger partial charge in [-0.1, -0.05) is 0 Å². The molecule has 126 valence electrons. The van der Waals surface area contributed by atoms with Crippen LogP contribution in [-0.4, -0.2) is 41.1 Å². The van der Waals surface area contributed by atoms with Crippen molar-refractivity contribution in [1.29, 1.82) is 0 Å². The minimum atomic E-state index is -0.413. The Balaban J connectivity index is 1.87. The lowest BCUT2D eigenvalue weighted by Gasteiger charge is -2.07. The number of carbonyl (C=O) groups is 3. The average molecular weight is 329 g/mol. The zero-order valence-electron chi connectivity index (χ0n) is 13.7. The van der Waals surface area contributed by atoms with Gasteiger partial charge < -0.3 is 16.0 Å². The number of anilines is 1. The van der Waals surface area contributed by atoms with E-state index in [-0.39, 0.29) is 24.1 Å². The molecule has 0 aliphatic rings. The Morgan fingerprint density at radius 2 is 1.79 bits per heavy atom. The van der Waals surface area contributed by atoms with Gasteiger partial charge in [-0.15, -0.1) is 0 Å². The van der Waals surface area contributed by atoms with Crippen LogP contribution in [-0.2, 0) is 11.8 Å². The van der Waals surface area contributed by atoms with Crippen LogP contribution in [0.25, 0.3) is 0 Å². The zero-order chi connectivity index (χ0) is 17.7. The highest BCUT2D eigenvalue weighted by Crippen LogP contribution is 2.09. The lowest BCUT2D eigenvalue weighted by atomic mass is 10.2. The van der Waals surface area contributed by atoms with E-state index >= 15 is 0 Å². The Morgan fingerprint density at radius 1 is 1.12 bits per heavy atom. The number of aryl methyl sites for hydroxylation is 2. The van der Waals surface area contributed by atoms with Gasteiger partial charge >= 0.3 is 0 Å². The largest absolute Gasteiger partial charge is 0.355 e. The van der Waals surface area contributed by atoms with Gasteiger partial charge in [0.1, 0.15) is 5.69 Å². The molecule has 0 spiro atoms. The van der Waals surface area contributed by atoms with E-state index in [1.54, 1.807) is 49.1 Å². The Morgan fingerprint density at radius 3 is 2.33 bits per heavy atom. The summed E-state index contributed by atoms with van der Waals surface area (Å²) < 4.78 is 1.59. The second-order valence-electron chi connectivity index (χ2n) is 5.18. The van der Waals surface area contributed by atoms with Gasteiger partial charge in [0, 0.05) is 31.0 Å². The molecular weight excluding hydrogens is 310 g/mol. The molecule has 1 aromatic carbocycles. The summed E-state index contributed by atoms with van der Waals surface area (Å²) >= 11 is 0. The Hall–Kier alpha value is -3.16. The minimum absolute atomic E-state index is 0.175. The van der Waals surface area contributed by atoms with Crippen LogP contribution in [0.1, 0.15) is 26.5 Å². The lowest BCUT2D eigenvalue weighted by Crippen LogP contribution is -2.33. The molecule has 0 saturated heterocycles. The Kier molecular flexibility index (Phi) is 5.31. The highest BCUT2D eigenvalue weighted by atomic mass is 16.2. The second kappa shape index (κ2) is 7.40. The predicted molar refractivity (Wildman–Crippen MR) is 88.7 cm³/mol. The van der Waals surface area contributed by atoms with Crippen molar-refractivity contribution >= 4 is 23.4 Å². The summed E-state index contributed by atoms with van der Waals surface area (Å²) in [7, 11) is 3.28. The van der Waals surface area contributed by atoms with Crippen molar-refractivity contribution in [1.82, 2.24) is 20.4 Å². The van der Waals surface area contributed by atoms with Crippen LogP contribution in [0.2, 0.25) is 0 Å². The van der Waals surface area contributed by atoms with Gasteiger partial charge in [0.05, 0.1) is 6.54 Å². The van der Waals surface area contributed by atoms with Gasteiger partial charge in [0.25, 0.3) is 11.8 Å². The fourth-order valence-electron chi connectivity index (χ4n) is 1.98. The van der Waals surface area contributed by atoms with Gasteiger partial charge in [-0.25, -0.2) is 0 Å². The maximum atomic E-state index is 11.9. The summed E-state index contributed by atoms with van der Waals surface area (Å²) in [6.45, 7) is 1.66. The van der Waals surface area contributed by atoms with Crippen LogP contribution >= 0.6 is 0 Å². The van der Waals surface area contributed by atoms with Crippen molar-refractivity contribution in [3.63, 3.8) is 0 Å². The van der Waals surface area contributed by atoms with Gasteiger partial charge in [-0.2, -0.15) is 5.10 Å². The molecule has 8 nitrogen and oxygen atoms in total. The number of benzene rings is 1. The summed E-state index contributed by atoms with van der Waals surface area (Å²) in [5.41, 5.74) is 2.14. The van der Waals surface area contributed by atoms with Crippen LogP contribution in [0.15, 0.2) is 30.3 Å². The predicted octanol–water partition coefficient (Wildman–Crippen LogP) is 0.457. The smallest absolute Gasteiger partial charge is 0.272 e. The van der Waals surface area contributed by atoms with E-state index < -0.39 is 5.91 Å². The third kappa shape index (κ3) is 4.19. The molecule has 0 saturated carbocycles. The highest BCUT2D eigenvalue weighted by Gasteiger charge is 2.12. The third-order valence-electron chi connectivity index (χ3n) is 3.41. The standard InChI is InChI=1S/C16H19N5O3/c1-10-8-13(20-21(10)3)16(24)18-9-14(22)19-12-6-4-11(5-7-12)15(23)17-2/h4-8H,9H2,1-3H3,(H,17,23)(H,18,24)(H,19,22). The van der Waals surface area contributed by atoms with Crippen LogP contribution in [0, 0.1) is 6.92 Å². The SMILES string of the molecule is CNC(=O)c1ccc(NC(=O)CNC(=O)c2cc(C)n(C)n2)cc1. The van der Waals surface area contributed by atoms with E-state index in [1.165, 1.54) is 0 Å². The summed E-state index contributed by atoms with van der Waals surface area (Å²) in [6, 6.07) is 8.08. The second-order valence-corrected chi connectivity index (χ2v) is 5.18. The lowest BCUT2D eigenvalue weighted by molar-refractivity contribution is -0.115. The first-order valence-electron chi connectivity index (χ1n) is 7.31. The molecule has 3 amide bonds. The van der Waals surface area contributed by atoms with E-state index in [0.717, 1.165) is 5.69 Å². The molecule has 24 heavy (non-hydrogen) atoms. The molecular formula is C16H19N5O3. The molecule has 0 fully saturated rings. The number of rotatable bonds is 5. The van der Waals surface area contributed by atoms with Crippen molar-refractivity contribution in [3.05, 3.63) is 47.3 Å². The zero-order valence-corrected chi connectivity index (χ0v) is 13.7. The van der Waals surface area contributed by atoms with Gasteiger partial charge in [0.2, 0.25) is 5.91 Å². The molecule has 0 unspecified atom stereocenters. The first-order chi connectivity index (χ1) is 11.4. The van der Waals surface area contributed by atoms with Crippen LogP contribution in [0.4, 0.5) is 5.69 Å². The van der Waals surface area contributed by atoms with Crippen LogP contribution < -0.4 is 16.0 Å². The van der Waals surface area contributed by atoms with E-state index in [0.29, 0.717) is 11.3 Å². The molecule has 0 radical (unpaired) electrons. The van der Waals surface area contributed by atoms with Crippen LogP contribution in [0.3, 0.4) is 0 Å². The van der Waals surface area contributed by atoms with Crippen molar-refractivity contribution < 1.29 is 14.4 Å². The van der Waals surface area contributed by atoms with Crippen molar-refractivity contribution in [2.75, 3.05) is 18.9 Å². The normalized spacial score (nSPS) is 10.1. The molecule has 2 aromatic rings. The first kappa shape index (κ1) is 17.2. The quantitative estimate of drug-likeness (QED) is 0.741. The van der Waals surface area contributed by atoms with Crippen LogP contribution in [0.5, 0.6) is 0 Å². The summed E-state index contributed by atoms with van der Waals surface area (Å²) in [5.74, 6) is -0.988. The molecule has 1 heterocycles. The highest BCUT2D eigenvalue weighted by molar-refractivity contribution is 5.99. The monoisotopic (exact) mass is 329 g/mol. The Labute approximate surface area is 139 Å². The number of amides is 3. The molecule has 2 rings (SSSR count). The molecule has 0 aliphatic carbocycles. The number of hydrogen-bond donors (Lipinski definition) is 3. The summed E-state index contributed by atoms with van der Waals surface area (Å²) in [5, 5.41) is 11.7. The number of carbonyl (C=O) groups excluding carboxylic acids is 3. The van der Waals surface area contributed by atoms with E-state index in [1.807, 2.05) is 6.92 Å². The maximum absolute atomic E-state index is 11.9. The van der Waals surface area contributed by atoms with Crippen molar-refractivity contribution in [2.24, 2.45) is 7.05 Å². The van der Waals surface area contributed by atoms with E-state index in [4.69, 9.17) is 0 Å². The van der Waals surface area contributed by atoms with Gasteiger partial charge in [-0.3, -0.25) is 19.1 Å². The molecule has 1 aromatic heterocycles. The topological polar surface area (TPSA) is 105 Å². The molecule has 0 atom stereocenters. The Bertz CT molecular complexity index is 745.